The monoisotopic (exact) mass is 336 g/mol. The van der Waals surface area contributed by atoms with Crippen molar-refractivity contribution in [1.29, 1.82) is 5.26 Å². The number of nitriles is 1. The molecule has 3 rings (SSSR count). The Labute approximate surface area is 144 Å². The number of rotatable bonds is 5. The molecule has 5 nitrogen and oxygen atoms in total. The zero-order valence-electron chi connectivity index (χ0n) is 12.6. The third-order valence-corrected chi connectivity index (χ3v) is 3.60. The molecule has 3 aromatic rings. The van der Waals surface area contributed by atoms with Crippen LogP contribution in [0, 0.1) is 11.3 Å². The second-order valence-corrected chi connectivity index (χ2v) is 5.32. The van der Waals surface area contributed by atoms with E-state index in [4.69, 9.17) is 21.6 Å². The average molecular weight is 337 g/mol. The maximum absolute atomic E-state index is 8.81. The lowest BCUT2D eigenvalue weighted by Gasteiger charge is -2.09. The van der Waals surface area contributed by atoms with Crippen LogP contribution in [-0.2, 0) is 6.61 Å². The third kappa shape index (κ3) is 4.00. The number of hydrogen-bond donors (Lipinski definition) is 1. The fraction of sp³-hybridized carbons (Fsp3) is 0.0556. The summed E-state index contributed by atoms with van der Waals surface area (Å²) < 4.78 is 5.67. The van der Waals surface area contributed by atoms with Crippen molar-refractivity contribution in [3.05, 3.63) is 76.9 Å². The van der Waals surface area contributed by atoms with E-state index in [1.165, 1.54) is 0 Å². The second-order valence-electron chi connectivity index (χ2n) is 4.91. The lowest BCUT2D eigenvalue weighted by Crippen LogP contribution is -2.01. The predicted molar refractivity (Wildman–Crippen MR) is 92.3 cm³/mol. The van der Waals surface area contributed by atoms with E-state index in [0.29, 0.717) is 29.0 Å². The standard InChI is InChI=1S/C18H13ClN4O/c19-16-4-2-1-3-14(16)12-24-17-9-10-21-18(23-17)22-15-7-5-13(11-20)6-8-15/h1-10H,12H2,(H,21,22,23). The number of nitrogens with one attached hydrogen (secondary N) is 1. The predicted octanol–water partition coefficient (Wildman–Crippen LogP) is 4.32. The van der Waals surface area contributed by atoms with Crippen molar-refractivity contribution in [2.24, 2.45) is 0 Å². The number of halogens is 1. The van der Waals surface area contributed by atoms with E-state index in [2.05, 4.69) is 21.4 Å². The molecule has 0 saturated carbocycles. The molecular formula is C18H13ClN4O. The van der Waals surface area contributed by atoms with Gasteiger partial charge in [0.1, 0.15) is 6.61 Å². The molecule has 0 aliphatic carbocycles. The molecular weight excluding hydrogens is 324 g/mol. The van der Waals surface area contributed by atoms with Gasteiger partial charge in [-0.05, 0) is 30.3 Å². The second kappa shape index (κ2) is 7.44. The summed E-state index contributed by atoms with van der Waals surface area (Å²) in [4.78, 5) is 8.46. The van der Waals surface area contributed by atoms with Crippen LogP contribution in [0.15, 0.2) is 60.8 Å². The van der Waals surface area contributed by atoms with Crippen molar-refractivity contribution in [1.82, 2.24) is 9.97 Å². The molecule has 1 heterocycles. The van der Waals surface area contributed by atoms with Crippen LogP contribution in [0.2, 0.25) is 5.02 Å². The van der Waals surface area contributed by atoms with Crippen LogP contribution in [0.1, 0.15) is 11.1 Å². The van der Waals surface area contributed by atoms with Crippen LogP contribution in [0.25, 0.3) is 0 Å². The molecule has 0 aliphatic rings. The Balaban J connectivity index is 1.67. The van der Waals surface area contributed by atoms with Gasteiger partial charge in [0.2, 0.25) is 11.8 Å². The van der Waals surface area contributed by atoms with Crippen LogP contribution in [0.4, 0.5) is 11.6 Å². The summed E-state index contributed by atoms with van der Waals surface area (Å²) in [5.74, 6) is 0.859. The van der Waals surface area contributed by atoms with Crippen LogP contribution in [0.3, 0.4) is 0 Å². The van der Waals surface area contributed by atoms with Gasteiger partial charge in [-0.1, -0.05) is 29.8 Å². The molecule has 0 spiro atoms. The highest BCUT2D eigenvalue weighted by molar-refractivity contribution is 6.31. The SMILES string of the molecule is N#Cc1ccc(Nc2nccc(OCc3ccccc3Cl)n2)cc1. The molecule has 0 aliphatic heterocycles. The van der Waals surface area contributed by atoms with Gasteiger partial charge < -0.3 is 10.1 Å². The molecule has 118 valence electrons. The van der Waals surface area contributed by atoms with Gasteiger partial charge in [0.05, 0.1) is 11.6 Å². The molecule has 0 fully saturated rings. The summed E-state index contributed by atoms with van der Waals surface area (Å²) in [6.07, 6.45) is 1.61. The van der Waals surface area contributed by atoms with E-state index in [9.17, 15) is 0 Å². The fourth-order valence-corrected chi connectivity index (χ4v) is 2.20. The zero-order valence-corrected chi connectivity index (χ0v) is 13.4. The first-order valence-electron chi connectivity index (χ1n) is 7.21. The van der Waals surface area contributed by atoms with Crippen molar-refractivity contribution >= 4 is 23.2 Å². The lowest BCUT2D eigenvalue weighted by molar-refractivity contribution is 0.294. The van der Waals surface area contributed by atoms with Crippen LogP contribution in [-0.4, -0.2) is 9.97 Å². The van der Waals surface area contributed by atoms with Crippen molar-refractivity contribution in [3.8, 4) is 11.9 Å². The summed E-state index contributed by atoms with van der Waals surface area (Å²) in [6, 6.07) is 18.3. The Bertz CT molecular complexity index is 875. The van der Waals surface area contributed by atoms with E-state index >= 15 is 0 Å². The van der Waals surface area contributed by atoms with E-state index in [0.717, 1.165) is 11.3 Å². The minimum atomic E-state index is 0.326. The number of aromatic nitrogens is 2. The van der Waals surface area contributed by atoms with Crippen LogP contribution in [0.5, 0.6) is 5.88 Å². The van der Waals surface area contributed by atoms with Gasteiger partial charge in [-0.15, -0.1) is 0 Å². The Kier molecular flexibility index (Phi) is 4.90. The maximum atomic E-state index is 8.81. The lowest BCUT2D eigenvalue weighted by atomic mass is 10.2. The molecule has 0 bridgehead atoms. The molecule has 0 saturated heterocycles. The molecule has 2 aromatic carbocycles. The molecule has 1 aromatic heterocycles. The smallest absolute Gasteiger partial charge is 0.230 e. The van der Waals surface area contributed by atoms with Gasteiger partial charge in [0, 0.05) is 28.5 Å². The van der Waals surface area contributed by atoms with Gasteiger partial charge in [0.25, 0.3) is 0 Å². The first-order valence-corrected chi connectivity index (χ1v) is 7.59. The summed E-state index contributed by atoms with van der Waals surface area (Å²) in [7, 11) is 0. The molecule has 0 atom stereocenters. The van der Waals surface area contributed by atoms with E-state index in [-0.39, 0.29) is 0 Å². The third-order valence-electron chi connectivity index (χ3n) is 3.23. The van der Waals surface area contributed by atoms with Gasteiger partial charge in [0.15, 0.2) is 0 Å². The van der Waals surface area contributed by atoms with Crippen molar-refractivity contribution in [3.63, 3.8) is 0 Å². The van der Waals surface area contributed by atoms with E-state index in [1.807, 2.05) is 24.3 Å². The Morgan fingerprint density at radius 3 is 2.62 bits per heavy atom. The average Bonchev–Trinajstić information content (AvgIpc) is 2.62. The van der Waals surface area contributed by atoms with Gasteiger partial charge in [-0.25, -0.2) is 4.98 Å². The van der Waals surface area contributed by atoms with Crippen molar-refractivity contribution in [2.75, 3.05) is 5.32 Å². The van der Waals surface area contributed by atoms with Crippen LogP contribution < -0.4 is 10.1 Å². The highest BCUT2D eigenvalue weighted by atomic mass is 35.5. The van der Waals surface area contributed by atoms with Gasteiger partial charge in [-0.3, -0.25) is 0 Å². The fourth-order valence-electron chi connectivity index (χ4n) is 2.01. The summed E-state index contributed by atoms with van der Waals surface area (Å²) >= 11 is 6.11. The highest BCUT2D eigenvalue weighted by Gasteiger charge is 2.04. The molecule has 6 heteroatoms. The van der Waals surface area contributed by atoms with Gasteiger partial charge in [-0.2, -0.15) is 10.2 Å². The number of ether oxygens (including phenoxy) is 1. The molecule has 0 amide bonds. The Hall–Kier alpha value is -3.10. The maximum Gasteiger partial charge on any atom is 0.230 e. The summed E-state index contributed by atoms with van der Waals surface area (Å²) in [5.41, 5.74) is 2.27. The number of benzene rings is 2. The number of anilines is 2. The Morgan fingerprint density at radius 2 is 1.88 bits per heavy atom. The molecule has 0 radical (unpaired) electrons. The van der Waals surface area contributed by atoms with E-state index < -0.39 is 0 Å². The number of hydrogen-bond acceptors (Lipinski definition) is 5. The Morgan fingerprint density at radius 1 is 1.08 bits per heavy atom. The molecule has 24 heavy (non-hydrogen) atoms. The largest absolute Gasteiger partial charge is 0.473 e. The minimum absolute atomic E-state index is 0.326. The summed E-state index contributed by atoms with van der Waals surface area (Å²) in [6.45, 7) is 0.326. The van der Waals surface area contributed by atoms with Crippen molar-refractivity contribution in [2.45, 2.75) is 6.61 Å². The van der Waals surface area contributed by atoms with Crippen molar-refractivity contribution < 1.29 is 4.74 Å². The minimum Gasteiger partial charge on any atom is -0.473 e. The van der Waals surface area contributed by atoms with Crippen LogP contribution >= 0.6 is 11.6 Å². The highest BCUT2D eigenvalue weighted by Crippen LogP contribution is 2.19. The first kappa shape index (κ1) is 15.8. The van der Waals surface area contributed by atoms with E-state index in [1.54, 1.807) is 36.5 Å². The quantitative estimate of drug-likeness (QED) is 0.751. The first-order chi connectivity index (χ1) is 11.7. The normalized spacial score (nSPS) is 10.0. The molecule has 0 unspecified atom stereocenters. The number of nitrogens with zero attached hydrogens (tertiary/aromatic N) is 3. The summed E-state index contributed by atoms with van der Waals surface area (Å²) in [5, 5.41) is 12.5. The topological polar surface area (TPSA) is 70.8 Å². The zero-order chi connectivity index (χ0) is 16.8. The van der Waals surface area contributed by atoms with Gasteiger partial charge >= 0.3 is 0 Å². The molecule has 1 N–H and O–H groups in total.